The predicted molar refractivity (Wildman–Crippen MR) is 117 cm³/mol. The van der Waals surface area contributed by atoms with E-state index in [2.05, 4.69) is 67.2 Å². The number of aryl methyl sites for hydroxylation is 2. The second-order valence-corrected chi connectivity index (χ2v) is 8.67. The molecule has 2 aromatic heterocycles. The van der Waals surface area contributed by atoms with E-state index in [-0.39, 0.29) is 5.54 Å². The number of rotatable bonds is 8. The molecule has 0 aliphatic carbocycles. The number of unbranched alkanes of at least 4 members (excludes halogenated alkanes) is 2. The van der Waals surface area contributed by atoms with Crippen molar-refractivity contribution in [3.05, 3.63) is 35.5 Å². The molecule has 0 saturated heterocycles. The molecule has 0 fully saturated rings. The molecular formula is C23H34N4. The lowest BCUT2D eigenvalue weighted by Crippen LogP contribution is -2.36. The maximum Gasteiger partial charge on any atom is 0.133 e. The SMILES string of the molecule is CCCc1cc2c(N)nc3ccc(CCCCCNC(C)(C)C)cc3c2[nH]1. The molecule has 0 amide bonds. The van der Waals surface area contributed by atoms with Crippen molar-refractivity contribution in [3.8, 4) is 0 Å². The van der Waals surface area contributed by atoms with E-state index in [1.165, 1.54) is 35.9 Å². The molecule has 27 heavy (non-hydrogen) atoms. The Morgan fingerprint density at radius 1 is 1.04 bits per heavy atom. The van der Waals surface area contributed by atoms with Gasteiger partial charge in [0.2, 0.25) is 0 Å². The second kappa shape index (κ2) is 8.30. The molecule has 0 aliphatic heterocycles. The Morgan fingerprint density at radius 3 is 2.59 bits per heavy atom. The van der Waals surface area contributed by atoms with E-state index in [1.807, 2.05) is 0 Å². The van der Waals surface area contributed by atoms with Crippen molar-refractivity contribution in [2.75, 3.05) is 12.3 Å². The van der Waals surface area contributed by atoms with Crippen LogP contribution in [0.5, 0.6) is 0 Å². The zero-order valence-electron chi connectivity index (χ0n) is 17.3. The maximum absolute atomic E-state index is 6.19. The van der Waals surface area contributed by atoms with E-state index >= 15 is 0 Å². The summed E-state index contributed by atoms with van der Waals surface area (Å²) in [6, 6.07) is 8.77. The molecule has 0 bridgehead atoms. The zero-order valence-corrected chi connectivity index (χ0v) is 17.3. The van der Waals surface area contributed by atoms with Crippen LogP contribution in [0, 0.1) is 0 Å². The van der Waals surface area contributed by atoms with Gasteiger partial charge in [-0.05, 0) is 76.8 Å². The highest BCUT2D eigenvalue weighted by Gasteiger charge is 2.11. The van der Waals surface area contributed by atoms with E-state index in [0.717, 1.165) is 42.2 Å². The van der Waals surface area contributed by atoms with Crippen LogP contribution in [-0.2, 0) is 12.8 Å². The van der Waals surface area contributed by atoms with Gasteiger partial charge >= 0.3 is 0 Å². The summed E-state index contributed by atoms with van der Waals surface area (Å²) >= 11 is 0. The highest BCUT2D eigenvalue weighted by molar-refractivity contribution is 6.08. The number of aromatic nitrogens is 2. The third kappa shape index (κ3) is 5.01. The quantitative estimate of drug-likeness (QED) is 0.471. The van der Waals surface area contributed by atoms with Crippen LogP contribution in [0.15, 0.2) is 24.3 Å². The van der Waals surface area contributed by atoms with Gasteiger partial charge in [-0.3, -0.25) is 0 Å². The number of fused-ring (bicyclic) bond motifs is 3. The molecule has 0 spiro atoms. The van der Waals surface area contributed by atoms with Crippen LogP contribution in [0.1, 0.15) is 64.6 Å². The van der Waals surface area contributed by atoms with Gasteiger partial charge in [-0.2, -0.15) is 0 Å². The van der Waals surface area contributed by atoms with Crippen molar-refractivity contribution in [1.82, 2.24) is 15.3 Å². The van der Waals surface area contributed by atoms with Crippen LogP contribution in [-0.4, -0.2) is 22.1 Å². The fraction of sp³-hybridized carbons (Fsp3) is 0.522. The standard InChI is InChI=1S/C23H34N4/c1-5-9-17-15-19-21(26-17)18-14-16(11-12-20(18)27-22(19)24)10-7-6-8-13-25-23(2,3)4/h11-12,14-15,25-26H,5-10,13H2,1-4H3,(H2,24,27). The van der Waals surface area contributed by atoms with Gasteiger partial charge in [0, 0.05) is 22.0 Å². The fourth-order valence-corrected chi connectivity index (χ4v) is 3.65. The summed E-state index contributed by atoms with van der Waals surface area (Å²) in [7, 11) is 0. The Balaban J connectivity index is 1.70. The number of H-pyrrole nitrogens is 1. The number of anilines is 1. The number of nitrogens with one attached hydrogen (secondary N) is 2. The molecule has 0 aliphatic rings. The third-order valence-corrected chi connectivity index (χ3v) is 5.04. The summed E-state index contributed by atoms with van der Waals surface area (Å²) in [4.78, 5) is 8.19. The van der Waals surface area contributed by atoms with Gasteiger partial charge in [-0.25, -0.2) is 4.98 Å². The normalized spacial score (nSPS) is 12.3. The smallest absolute Gasteiger partial charge is 0.133 e. The molecule has 146 valence electrons. The van der Waals surface area contributed by atoms with Gasteiger partial charge < -0.3 is 16.0 Å². The average molecular weight is 367 g/mol. The molecule has 4 heteroatoms. The van der Waals surface area contributed by atoms with Gasteiger partial charge in [0.05, 0.1) is 11.0 Å². The first-order valence-corrected chi connectivity index (χ1v) is 10.3. The maximum atomic E-state index is 6.19. The predicted octanol–water partition coefficient (Wildman–Crippen LogP) is 5.35. The first-order chi connectivity index (χ1) is 12.9. The Labute approximate surface area is 162 Å². The van der Waals surface area contributed by atoms with Crippen LogP contribution in [0.4, 0.5) is 5.82 Å². The molecule has 0 saturated carbocycles. The Bertz CT molecular complexity index is 902. The lowest BCUT2D eigenvalue weighted by Gasteiger charge is -2.20. The summed E-state index contributed by atoms with van der Waals surface area (Å²) in [5, 5.41) is 5.80. The molecule has 0 unspecified atom stereocenters. The number of hydrogen-bond donors (Lipinski definition) is 3. The molecule has 3 rings (SSSR count). The van der Waals surface area contributed by atoms with Crippen LogP contribution >= 0.6 is 0 Å². The highest BCUT2D eigenvalue weighted by atomic mass is 14.9. The number of nitrogen functional groups attached to an aromatic ring is 1. The minimum absolute atomic E-state index is 0.214. The molecule has 1 aromatic carbocycles. The molecule has 4 nitrogen and oxygen atoms in total. The summed E-state index contributed by atoms with van der Waals surface area (Å²) in [5.74, 6) is 0.621. The number of hydrogen-bond acceptors (Lipinski definition) is 3. The molecule has 3 aromatic rings. The largest absolute Gasteiger partial charge is 0.383 e. The zero-order chi connectivity index (χ0) is 19.4. The molecule has 0 radical (unpaired) electrons. The van der Waals surface area contributed by atoms with E-state index < -0.39 is 0 Å². The minimum Gasteiger partial charge on any atom is -0.383 e. The van der Waals surface area contributed by atoms with Gasteiger partial charge in [0.1, 0.15) is 5.82 Å². The van der Waals surface area contributed by atoms with Gasteiger partial charge in [0.25, 0.3) is 0 Å². The Kier molecular flexibility index (Phi) is 6.05. The first kappa shape index (κ1) is 19.7. The van der Waals surface area contributed by atoms with Crippen molar-refractivity contribution < 1.29 is 0 Å². The Morgan fingerprint density at radius 2 is 1.85 bits per heavy atom. The molecule has 0 atom stereocenters. The topological polar surface area (TPSA) is 66.7 Å². The Hall–Kier alpha value is -2.07. The van der Waals surface area contributed by atoms with Crippen LogP contribution in [0.25, 0.3) is 21.8 Å². The van der Waals surface area contributed by atoms with Crippen molar-refractivity contribution in [2.45, 2.75) is 71.8 Å². The van der Waals surface area contributed by atoms with E-state index in [4.69, 9.17) is 5.73 Å². The number of aromatic amines is 1. The van der Waals surface area contributed by atoms with Crippen molar-refractivity contribution in [3.63, 3.8) is 0 Å². The lowest BCUT2D eigenvalue weighted by atomic mass is 10.0. The average Bonchev–Trinajstić information content (AvgIpc) is 3.03. The highest BCUT2D eigenvalue weighted by Crippen LogP contribution is 2.29. The number of benzene rings is 1. The number of nitrogens with zero attached hydrogens (tertiary/aromatic N) is 1. The fourth-order valence-electron chi connectivity index (χ4n) is 3.65. The number of nitrogens with two attached hydrogens (primary N) is 1. The monoisotopic (exact) mass is 366 g/mol. The summed E-state index contributed by atoms with van der Waals surface area (Å²) in [5.41, 5.74) is 11.1. The van der Waals surface area contributed by atoms with Gasteiger partial charge in [-0.1, -0.05) is 25.8 Å². The van der Waals surface area contributed by atoms with Gasteiger partial charge in [0.15, 0.2) is 0 Å². The van der Waals surface area contributed by atoms with Crippen molar-refractivity contribution in [1.29, 1.82) is 0 Å². The summed E-state index contributed by atoms with van der Waals surface area (Å²) in [6.45, 7) is 9.94. The lowest BCUT2D eigenvalue weighted by molar-refractivity contribution is 0.417. The first-order valence-electron chi connectivity index (χ1n) is 10.3. The molecule has 2 heterocycles. The van der Waals surface area contributed by atoms with Crippen LogP contribution in [0.3, 0.4) is 0 Å². The van der Waals surface area contributed by atoms with E-state index in [0.29, 0.717) is 5.82 Å². The molecular weight excluding hydrogens is 332 g/mol. The third-order valence-electron chi connectivity index (χ3n) is 5.04. The van der Waals surface area contributed by atoms with Crippen molar-refractivity contribution in [2.24, 2.45) is 0 Å². The van der Waals surface area contributed by atoms with Crippen molar-refractivity contribution >= 4 is 27.6 Å². The van der Waals surface area contributed by atoms with Crippen LogP contribution in [0.2, 0.25) is 0 Å². The van der Waals surface area contributed by atoms with Gasteiger partial charge in [-0.15, -0.1) is 0 Å². The number of pyridine rings is 1. The van der Waals surface area contributed by atoms with E-state index in [9.17, 15) is 0 Å². The summed E-state index contributed by atoms with van der Waals surface area (Å²) < 4.78 is 0. The minimum atomic E-state index is 0.214. The van der Waals surface area contributed by atoms with E-state index in [1.54, 1.807) is 0 Å². The second-order valence-electron chi connectivity index (χ2n) is 8.67. The summed E-state index contributed by atoms with van der Waals surface area (Å²) in [6.07, 6.45) is 6.96. The van der Waals surface area contributed by atoms with Crippen LogP contribution < -0.4 is 11.1 Å². The molecule has 4 N–H and O–H groups in total.